The minimum atomic E-state index is 0.655. The fourth-order valence-corrected chi connectivity index (χ4v) is 2.28. The summed E-state index contributed by atoms with van der Waals surface area (Å²) in [5.41, 5.74) is 11.0. The second kappa shape index (κ2) is 4.81. The lowest BCUT2D eigenvalue weighted by Crippen LogP contribution is -1.97. The third kappa shape index (κ3) is 2.16. The van der Waals surface area contributed by atoms with Gasteiger partial charge in [0.25, 0.3) is 0 Å². The summed E-state index contributed by atoms with van der Waals surface area (Å²) in [6, 6.07) is 12.0. The summed E-state index contributed by atoms with van der Waals surface area (Å²) in [4.78, 5) is 4.28. The predicted molar refractivity (Wildman–Crippen MR) is 80.7 cm³/mol. The number of nitrogens with two attached hydrogens (primary N) is 1. The highest BCUT2D eigenvalue weighted by atomic mass is 15.3. The van der Waals surface area contributed by atoms with Crippen molar-refractivity contribution in [1.82, 2.24) is 14.8 Å². The molecular formula is C16H16N4. The second-order valence-electron chi connectivity index (χ2n) is 4.88. The molecule has 0 unspecified atom stereocenters. The molecule has 0 atom stereocenters. The smallest absolute Gasteiger partial charge is 0.153 e. The van der Waals surface area contributed by atoms with Crippen molar-refractivity contribution in [2.75, 3.05) is 5.73 Å². The van der Waals surface area contributed by atoms with Gasteiger partial charge in [0.15, 0.2) is 5.82 Å². The zero-order valence-corrected chi connectivity index (χ0v) is 11.5. The van der Waals surface area contributed by atoms with E-state index < -0.39 is 0 Å². The average molecular weight is 264 g/mol. The van der Waals surface area contributed by atoms with E-state index in [4.69, 9.17) is 5.73 Å². The zero-order valence-electron chi connectivity index (χ0n) is 11.5. The Bertz CT molecular complexity index is 744. The molecule has 0 saturated carbocycles. The molecule has 0 saturated heterocycles. The van der Waals surface area contributed by atoms with Gasteiger partial charge in [-0.3, -0.25) is 0 Å². The van der Waals surface area contributed by atoms with E-state index in [1.54, 1.807) is 17.1 Å². The molecule has 0 aliphatic heterocycles. The molecule has 4 nitrogen and oxygen atoms in total. The largest absolute Gasteiger partial charge is 0.396 e. The highest BCUT2D eigenvalue weighted by molar-refractivity contribution is 5.75. The van der Waals surface area contributed by atoms with Crippen molar-refractivity contribution >= 4 is 5.69 Å². The van der Waals surface area contributed by atoms with Crippen LogP contribution in [0.1, 0.15) is 11.1 Å². The molecule has 0 bridgehead atoms. The Labute approximate surface area is 117 Å². The minimum Gasteiger partial charge on any atom is -0.396 e. The van der Waals surface area contributed by atoms with Crippen LogP contribution in [0.2, 0.25) is 0 Å². The lowest BCUT2D eigenvalue weighted by atomic mass is 10.0. The quantitative estimate of drug-likeness (QED) is 0.773. The summed E-state index contributed by atoms with van der Waals surface area (Å²) in [5, 5.41) is 4.57. The monoisotopic (exact) mass is 264 g/mol. The molecule has 2 heterocycles. The Morgan fingerprint density at radius 1 is 1.10 bits per heavy atom. The van der Waals surface area contributed by atoms with Gasteiger partial charge in [0.2, 0.25) is 0 Å². The molecule has 0 aliphatic carbocycles. The van der Waals surface area contributed by atoms with E-state index in [0.717, 1.165) is 17.1 Å². The predicted octanol–water partition coefficient (Wildman–Crippen LogP) is 3.13. The molecule has 0 amide bonds. The van der Waals surface area contributed by atoms with Crippen LogP contribution in [0.5, 0.6) is 0 Å². The van der Waals surface area contributed by atoms with E-state index in [1.165, 1.54) is 11.1 Å². The molecule has 2 N–H and O–H groups in total. The molecule has 0 radical (unpaired) electrons. The first-order valence-corrected chi connectivity index (χ1v) is 6.49. The van der Waals surface area contributed by atoms with Crippen LogP contribution in [0.4, 0.5) is 5.69 Å². The van der Waals surface area contributed by atoms with Gasteiger partial charge >= 0.3 is 0 Å². The van der Waals surface area contributed by atoms with Gasteiger partial charge in [-0.15, -0.1) is 0 Å². The van der Waals surface area contributed by atoms with Gasteiger partial charge in [-0.25, -0.2) is 9.67 Å². The third-order valence-electron chi connectivity index (χ3n) is 3.26. The summed E-state index contributed by atoms with van der Waals surface area (Å²) in [6.45, 7) is 4.15. The number of nitrogen functional groups attached to an aromatic ring is 1. The van der Waals surface area contributed by atoms with Crippen LogP contribution < -0.4 is 5.73 Å². The van der Waals surface area contributed by atoms with E-state index >= 15 is 0 Å². The number of rotatable bonds is 2. The van der Waals surface area contributed by atoms with Crippen molar-refractivity contribution in [3.63, 3.8) is 0 Å². The van der Waals surface area contributed by atoms with E-state index in [-0.39, 0.29) is 0 Å². The summed E-state index contributed by atoms with van der Waals surface area (Å²) < 4.78 is 1.71. The number of hydrogen-bond acceptors (Lipinski definition) is 3. The van der Waals surface area contributed by atoms with Crippen molar-refractivity contribution in [2.24, 2.45) is 0 Å². The Morgan fingerprint density at radius 3 is 2.65 bits per heavy atom. The molecule has 3 rings (SSSR count). The van der Waals surface area contributed by atoms with Crippen LogP contribution in [0.25, 0.3) is 17.1 Å². The van der Waals surface area contributed by atoms with Crippen LogP contribution in [-0.2, 0) is 0 Å². The van der Waals surface area contributed by atoms with Crippen molar-refractivity contribution in [1.29, 1.82) is 0 Å². The lowest BCUT2D eigenvalue weighted by Gasteiger charge is -2.05. The topological polar surface area (TPSA) is 56.7 Å². The SMILES string of the molecule is Cc1ccc(-c2nn(-c3ccccn3)cc2N)c(C)c1. The fraction of sp³-hybridized carbons (Fsp3) is 0.125. The first-order valence-electron chi connectivity index (χ1n) is 6.49. The third-order valence-corrected chi connectivity index (χ3v) is 3.26. The number of hydrogen-bond donors (Lipinski definition) is 1. The van der Waals surface area contributed by atoms with E-state index in [1.807, 2.05) is 18.2 Å². The number of benzene rings is 1. The van der Waals surface area contributed by atoms with Gasteiger partial charge < -0.3 is 5.73 Å². The Balaban J connectivity index is 2.10. The fourth-order valence-electron chi connectivity index (χ4n) is 2.28. The molecule has 100 valence electrons. The standard InChI is InChI=1S/C16H16N4/c1-11-6-7-13(12(2)9-11)16-14(17)10-20(19-16)15-5-3-4-8-18-15/h3-10H,17H2,1-2H3. The number of anilines is 1. The summed E-state index contributed by atoms with van der Waals surface area (Å²) in [6.07, 6.45) is 3.54. The Kier molecular flexibility index (Phi) is 2.99. The van der Waals surface area contributed by atoms with Gasteiger partial charge in [-0.2, -0.15) is 5.10 Å². The summed E-state index contributed by atoms with van der Waals surface area (Å²) >= 11 is 0. The second-order valence-corrected chi connectivity index (χ2v) is 4.88. The first-order chi connectivity index (χ1) is 9.65. The molecule has 20 heavy (non-hydrogen) atoms. The number of pyridine rings is 1. The van der Waals surface area contributed by atoms with Gasteiger partial charge in [0.1, 0.15) is 5.69 Å². The van der Waals surface area contributed by atoms with E-state index in [2.05, 4.69) is 42.1 Å². The molecule has 3 aromatic rings. The van der Waals surface area contributed by atoms with Crippen LogP contribution in [0, 0.1) is 13.8 Å². The summed E-state index contributed by atoms with van der Waals surface area (Å²) in [7, 11) is 0. The van der Waals surface area contributed by atoms with Crippen LogP contribution in [-0.4, -0.2) is 14.8 Å². The zero-order chi connectivity index (χ0) is 14.1. The first kappa shape index (κ1) is 12.4. The molecular weight excluding hydrogens is 248 g/mol. The number of aromatic nitrogens is 3. The van der Waals surface area contributed by atoms with Gasteiger partial charge in [-0.1, -0.05) is 29.8 Å². The molecule has 1 aromatic carbocycles. The Hall–Kier alpha value is -2.62. The molecule has 0 aliphatic rings. The highest BCUT2D eigenvalue weighted by Gasteiger charge is 2.12. The number of nitrogens with zero attached hydrogens (tertiary/aromatic N) is 3. The maximum atomic E-state index is 6.11. The minimum absolute atomic E-state index is 0.655. The van der Waals surface area contributed by atoms with Gasteiger partial charge in [0.05, 0.1) is 11.9 Å². The molecule has 0 spiro atoms. The molecule has 0 fully saturated rings. The van der Waals surface area contributed by atoms with E-state index in [0.29, 0.717) is 5.69 Å². The van der Waals surface area contributed by atoms with Crippen molar-refractivity contribution in [3.8, 4) is 17.1 Å². The van der Waals surface area contributed by atoms with Gasteiger partial charge in [-0.05, 0) is 31.5 Å². The maximum absolute atomic E-state index is 6.11. The van der Waals surface area contributed by atoms with E-state index in [9.17, 15) is 0 Å². The van der Waals surface area contributed by atoms with Crippen LogP contribution in [0.15, 0.2) is 48.8 Å². The highest BCUT2D eigenvalue weighted by Crippen LogP contribution is 2.28. The normalized spacial score (nSPS) is 10.7. The number of aryl methyl sites for hydroxylation is 2. The average Bonchev–Trinajstić information content (AvgIpc) is 2.82. The molecule has 2 aromatic heterocycles. The van der Waals surface area contributed by atoms with Crippen LogP contribution >= 0.6 is 0 Å². The van der Waals surface area contributed by atoms with Gasteiger partial charge in [0, 0.05) is 11.8 Å². The van der Waals surface area contributed by atoms with Crippen LogP contribution in [0.3, 0.4) is 0 Å². The Morgan fingerprint density at radius 2 is 1.95 bits per heavy atom. The summed E-state index contributed by atoms with van der Waals surface area (Å²) in [5.74, 6) is 0.759. The molecule has 4 heteroatoms. The maximum Gasteiger partial charge on any atom is 0.153 e. The van der Waals surface area contributed by atoms with Crippen molar-refractivity contribution < 1.29 is 0 Å². The lowest BCUT2D eigenvalue weighted by molar-refractivity contribution is 0.850. The van der Waals surface area contributed by atoms with Crippen molar-refractivity contribution in [2.45, 2.75) is 13.8 Å². The van der Waals surface area contributed by atoms with Crippen molar-refractivity contribution in [3.05, 3.63) is 59.9 Å².